The number of aliphatic hydroxyl groups excluding tert-OH is 2. The van der Waals surface area contributed by atoms with Crippen molar-refractivity contribution in [1.82, 2.24) is 5.32 Å². The Morgan fingerprint density at radius 3 is 2.11 bits per heavy atom. The molecule has 1 heterocycles. The molecule has 1 saturated heterocycles. The average Bonchev–Trinajstić information content (AvgIpc) is 1.97. The van der Waals surface area contributed by atoms with Crippen LogP contribution >= 0.6 is 0 Å². The van der Waals surface area contributed by atoms with Gasteiger partial charge in [-0.1, -0.05) is 0 Å². The molecule has 1 aliphatic heterocycles. The van der Waals surface area contributed by atoms with Gasteiger partial charge in [-0.25, -0.2) is 0 Å². The monoisotopic (exact) mass is 131 g/mol. The Kier molecular flexibility index (Phi) is 1.50. The third kappa shape index (κ3) is 1.08. The van der Waals surface area contributed by atoms with Crippen LogP contribution in [0.5, 0.6) is 0 Å². The van der Waals surface area contributed by atoms with Gasteiger partial charge in [0.15, 0.2) is 0 Å². The molecule has 0 bridgehead atoms. The fraction of sp³-hybridized carbons (Fsp3) is 1.00. The quantitative estimate of drug-likeness (QED) is 0.399. The molecular weight excluding hydrogens is 118 g/mol. The first-order chi connectivity index (χ1) is 4.04. The van der Waals surface area contributed by atoms with Crippen molar-refractivity contribution in [3.05, 3.63) is 0 Å². The smallest absolute Gasteiger partial charge is 0.0987 e. The Bertz CT molecular complexity index is 114. The van der Waals surface area contributed by atoms with Crippen molar-refractivity contribution in [3.63, 3.8) is 0 Å². The van der Waals surface area contributed by atoms with Crippen LogP contribution in [-0.4, -0.2) is 34.5 Å². The molecule has 9 heavy (non-hydrogen) atoms. The minimum atomic E-state index is -0.627. The van der Waals surface area contributed by atoms with E-state index in [1.807, 2.05) is 13.8 Å². The summed E-state index contributed by atoms with van der Waals surface area (Å²) in [6.07, 6.45) is -1.22. The van der Waals surface area contributed by atoms with Crippen molar-refractivity contribution in [2.45, 2.75) is 31.6 Å². The number of rotatable bonds is 0. The van der Waals surface area contributed by atoms with Crippen molar-refractivity contribution < 1.29 is 10.2 Å². The zero-order chi connectivity index (χ0) is 7.07. The summed E-state index contributed by atoms with van der Waals surface area (Å²) in [5.74, 6) is 0. The van der Waals surface area contributed by atoms with Gasteiger partial charge >= 0.3 is 0 Å². The molecule has 0 saturated carbocycles. The fourth-order valence-corrected chi connectivity index (χ4v) is 1.06. The normalized spacial score (nSPS) is 41.3. The molecule has 0 aromatic carbocycles. The molecule has 2 atom stereocenters. The van der Waals surface area contributed by atoms with Gasteiger partial charge in [-0.3, -0.25) is 0 Å². The summed E-state index contributed by atoms with van der Waals surface area (Å²) >= 11 is 0. The van der Waals surface area contributed by atoms with E-state index in [0.717, 1.165) is 0 Å². The van der Waals surface area contributed by atoms with Crippen LogP contribution in [0.2, 0.25) is 0 Å². The highest BCUT2D eigenvalue weighted by Gasteiger charge is 2.39. The maximum absolute atomic E-state index is 9.21. The topological polar surface area (TPSA) is 52.5 Å². The van der Waals surface area contributed by atoms with Crippen LogP contribution in [0.15, 0.2) is 0 Å². The molecule has 0 spiro atoms. The van der Waals surface area contributed by atoms with E-state index < -0.39 is 12.2 Å². The van der Waals surface area contributed by atoms with Crippen molar-refractivity contribution in [2.24, 2.45) is 0 Å². The lowest BCUT2D eigenvalue weighted by atomic mass is 9.99. The van der Waals surface area contributed by atoms with Crippen LogP contribution in [0.1, 0.15) is 13.8 Å². The minimum absolute atomic E-state index is 0.320. The van der Waals surface area contributed by atoms with Crippen LogP contribution in [0.25, 0.3) is 0 Å². The standard InChI is InChI=1S/C6H13NO2/c1-6(2)5(9)4(8)3-7-6/h4-5,7-9H,3H2,1-2H3/t4-,5-/m0/s1. The second kappa shape index (κ2) is 1.94. The Morgan fingerprint density at radius 2 is 2.00 bits per heavy atom. The predicted octanol–water partition coefficient (Wildman–Crippen LogP) is -0.910. The number of hydrogen-bond acceptors (Lipinski definition) is 3. The van der Waals surface area contributed by atoms with Crippen LogP contribution in [-0.2, 0) is 0 Å². The summed E-state index contributed by atoms with van der Waals surface area (Å²) in [7, 11) is 0. The molecule has 0 aromatic heterocycles. The summed E-state index contributed by atoms with van der Waals surface area (Å²) in [6.45, 7) is 4.23. The lowest BCUT2D eigenvalue weighted by molar-refractivity contribution is 0.0210. The Morgan fingerprint density at radius 1 is 1.44 bits per heavy atom. The molecular formula is C6H13NO2. The lowest BCUT2D eigenvalue weighted by Crippen LogP contribution is -2.42. The molecule has 0 aliphatic carbocycles. The molecule has 3 heteroatoms. The highest BCUT2D eigenvalue weighted by molar-refractivity contribution is 4.97. The Hall–Kier alpha value is -0.120. The summed E-state index contributed by atoms with van der Waals surface area (Å²) in [4.78, 5) is 0. The van der Waals surface area contributed by atoms with E-state index in [1.165, 1.54) is 0 Å². The van der Waals surface area contributed by atoms with Gasteiger partial charge in [-0.05, 0) is 13.8 Å². The van der Waals surface area contributed by atoms with E-state index in [1.54, 1.807) is 0 Å². The largest absolute Gasteiger partial charge is 0.389 e. The van der Waals surface area contributed by atoms with Crippen LogP contribution in [0.4, 0.5) is 0 Å². The SMILES string of the molecule is CC1(C)NC[C@H](O)[C@@H]1O. The predicted molar refractivity (Wildman–Crippen MR) is 34.1 cm³/mol. The number of hydrogen-bond donors (Lipinski definition) is 3. The minimum Gasteiger partial charge on any atom is -0.389 e. The molecule has 3 nitrogen and oxygen atoms in total. The number of aliphatic hydroxyl groups is 2. The maximum atomic E-state index is 9.21. The summed E-state index contributed by atoms with van der Waals surface area (Å²) < 4.78 is 0. The third-order valence-corrected chi connectivity index (χ3v) is 1.87. The van der Waals surface area contributed by atoms with Crippen LogP contribution in [0.3, 0.4) is 0 Å². The van der Waals surface area contributed by atoms with E-state index in [0.29, 0.717) is 6.54 Å². The van der Waals surface area contributed by atoms with Crippen molar-refractivity contribution in [1.29, 1.82) is 0 Å². The molecule has 1 rings (SSSR count). The van der Waals surface area contributed by atoms with E-state index in [9.17, 15) is 5.11 Å². The fourth-order valence-electron chi connectivity index (χ4n) is 1.06. The Labute approximate surface area is 54.7 Å². The summed E-state index contributed by atoms with van der Waals surface area (Å²) in [5, 5.41) is 21.2. The van der Waals surface area contributed by atoms with E-state index >= 15 is 0 Å². The maximum Gasteiger partial charge on any atom is 0.0987 e. The van der Waals surface area contributed by atoms with Gasteiger partial charge in [0.2, 0.25) is 0 Å². The average molecular weight is 131 g/mol. The van der Waals surface area contributed by atoms with Crippen LogP contribution in [0, 0.1) is 0 Å². The first-order valence-corrected chi connectivity index (χ1v) is 3.15. The van der Waals surface area contributed by atoms with E-state index in [2.05, 4.69) is 5.32 Å². The van der Waals surface area contributed by atoms with Gasteiger partial charge in [0.05, 0.1) is 12.2 Å². The van der Waals surface area contributed by atoms with Crippen molar-refractivity contribution in [3.8, 4) is 0 Å². The number of nitrogens with one attached hydrogen (secondary N) is 1. The number of β-amino-alcohol motifs (C(OH)–C–C–N with tert-alkyl or cyclic N) is 1. The molecule has 0 radical (unpaired) electrons. The zero-order valence-corrected chi connectivity index (χ0v) is 5.76. The summed E-state index contributed by atoms with van der Waals surface area (Å²) in [6, 6.07) is 0. The molecule has 0 amide bonds. The first kappa shape index (κ1) is 6.99. The van der Waals surface area contributed by atoms with Crippen molar-refractivity contribution in [2.75, 3.05) is 6.54 Å². The van der Waals surface area contributed by atoms with Crippen LogP contribution < -0.4 is 5.32 Å². The molecule has 3 N–H and O–H groups in total. The highest BCUT2D eigenvalue weighted by atomic mass is 16.3. The van der Waals surface area contributed by atoms with Gasteiger partial charge in [-0.15, -0.1) is 0 Å². The molecule has 1 fully saturated rings. The molecule has 1 aliphatic rings. The van der Waals surface area contributed by atoms with E-state index in [4.69, 9.17) is 5.11 Å². The Balaban J connectivity index is 2.62. The molecule has 0 unspecified atom stereocenters. The molecule has 54 valence electrons. The second-order valence-corrected chi connectivity index (χ2v) is 3.11. The van der Waals surface area contributed by atoms with Gasteiger partial charge in [-0.2, -0.15) is 0 Å². The highest BCUT2D eigenvalue weighted by Crippen LogP contribution is 2.18. The first-order valence-electron chi connectivity index (χ1n) is 3.15. The van der Waals surface area contributed by atoms with Crippen molar-refractivity contribution >= 4 is 0 Å². The van der Waals surface area contributed by atoms with Gasteiger partial charge < -0.3 is 15.5 Å². The lowest BCUT2D eigenvalue weighted by Gasteiger charge is -2.22. The van der Waals surface area contributed by atoms with Gasteiger partial charge in [0.25, 0.3) is 0 Å². The second-order valence-electron chi connectivity index (χ2n) is 3.11. The van der Waals surface area contributed by atoms with E-state index in [-0.39, 0.29) is 5.54 Å². The summed E-state index contributed by atoms with van der Waals surface area (Å²) in [5.41, 5.74) is -0.320. The zero-order valence-electron chi connectivity index (χ0n) is 5.76. The van der Waals surface area contributed by atoms with Gasteiger partial charge in [0, 0.05) is 12.1 Å². The third-order valence-electron chi connectivity index (χ3n) is 1.87. The van der Waals surface area contributed by atoms with Gasteiger partial charge in [0.1, 0.15) is 0 Å². The molecule has 0 aromatic rings.